The van der Waals surface area contributed by atoms with Crippen LogP contribution in [0.15, 0.2) is 30.5 Å². The van der Waals surface area contributed by atoms with Gasteiger partial charge in [0.1, 0.15) is 5.82 Å². The third-order valence-corrected chi connectivity index (χ3v) is 2.49. The highest BCUT2D eigenvalue weighted by Crippen LogP contribution is 2.22. The van der Waals surface area contributed by atoms with Crippen LogP contribution in [-0.4, -0.2) is 9.97 Å². The first-order valence-corrected chi connectivity index (χ1v) is 5.37. The highest BCUT2D eigenvalue weighted by Gasteiger charge is 2.13. The fourth-order valence-electron chi connectivity index (χ4n) is 1.59. The summed E-state index contributed by atoms with van der Waals surface area (Å²) in [6, 6.07) is 5.83. The molecule has 0 spiro atoms. The van der Waals surface area contributed by atoms with Gasteiger partial charge in [-0.3, -0.25) is 0 Å². The molecule has 0 aliphatic heterocycles. The molecule has 3 N–H and O–H groups in total. The molecule has 1 aromatic heterocycles. The molecule has 0 amide bonds. The van der Waals surface area contributed by atoms with Crippen LogP contribution in [0.5, 0.6) is 0 Å². The highest BCUT2D eigenvalue weighted by molar-refractivity contribution is 5.42. The number of rotatable bonds is 3. The van der Waals surface area contributed by atoms with Crippen molar-refractivity contribution in [2.45, 2.75) is 13.0 Å². The van der Waals surface area contributed by atoms with Crippen LogP contribution in [-0.2, 0) is 0 Å². The predicted molar refractivity (Wildman–Crippen MR) is 64.8 cm³/mol. The molecule has 0 radical (unpaired) electrons. The number of hydrogen-bond acceptors (Lipinski definition) is 4. The van der Waals surface area contributed by atoms with E-state index in [1.165, 1.54) is 6.07 Å². The van der Waals surface area contributed by atoms with Crippen molar-refractivity contribution >= 4 is 11.8 Å². The van der Waals surface area contributed by atoms with Gasteiger partial charge in [-0.1, -0.05) is 18.2 Å². The van der Waals surface area contributed by atoms with Crippen LogP contribution >= 0.6 is 0 Å². The summed E-state index contributed by atoms with van der Waals surface area (Å²) in [4.78, 5) is 7.24. The van der Waals surface area contributed by atoms with Crippen LogP contribution in [0, 0.1) is 11.6 Å². The van der Waals surface area contributed by atoms with Crippen LogP contribution in [0.3, 0.4) is 0 Å². The first kappa shape index (κ1) is 12.2. The second kappa shape index (κ2) is 4.95. The number of nitrogens with two attached hydrogens (primary N) is 1. The molecule has 94 valence electrons. The van der Waals surface area contributed by atoms with Crippen molar-refractivity contribution in [2.24, 2.45) is 0 Å². The fraction of sp³-hybridized carbons (Fsp3) is 0.167. The number of nitrogens with zero attached hydrogens (tertiary/aromatic N) is 2. The maximum absolute atomic E-state index is 13.5. The van der Waals surface area contributed by atoms with Crippen molar-refractivity contribution < 1.29 is 8.78 Å². The van der Waals surface area contributed by atoms with Crippen molar-refractivity contribution in [2.75, 3.05) is 11.1 Å². The molecule has 1 aromatic carbocycles. The van der Waals surface area contributed by atoms with Gasteiger partial charge in [-0.2, -0.15) is 4.98 Å². The lowest BCUT2D eigenvalue weighted by Crippen LogP contribution is -2.12. The van der Waals surface area contributed by atoms with Crippen molar-refractivity contribution in [3.05, 3.63) is 47.7 Å². The number of nitrogen functional groups attached to an aromatic ring is 1. The van der Waals surface area contributed by atoms with Gasteiger partial charge in [0, 0.05) is 5.56 Å². The molecule has 0 aliphatic carbocycles. The van der Waals surface area contributed by atoms with Gasteiger partial charge in [0.05, 0.1) is 12.2 Å². The first-order valence-electron chi connectivity index (χ1n) is 5.37. The summed E-state index contributed by atoms with van der Waals surface area (Å²) in [6.07, 6.45) is 0.971. The van der Waals surface area contributed by atoms with E-state index in [2.05, 4.69) is 15.3 Å². The molecule has 0 aliphatic rings. The zero-order valence-electron chi connectivity index (χ0n) is 9.69. The second-order valence-electron chi connectivity index (χ2n) is 3.81. The molecule has 6 heteroatoms. The quantitative estimate of drug-likeness (QED) is 0.878. The lowest BCUT2D eigenvalue weighted by atomic mass is 10.1. The van der Waals surface area contributed by atoms with E-state index in [1.807, 2.05) is 0 Å². The number of hydrogen-bond donors (Lipinski definition) is 2. The summed E-state index contributed by atoms with van der Waals surface area (Å²) < 4.78 is 26.9. The molecule has 1 heterocycles. The van der Waals surface area contributed by atoms with Crippen molar-refractivity contribution in [3.8, 4) is 0 Å². The van der Waals surface area contributed by atoms with Crippen LogP contribution in [0.25, 0.3) is 0 Å². The average molecular weight is 250 g/mol. The van der Waals surface area contributed by atoms with E-state index in [4.69, 9.17) is 5.73 Å². The SMILES string of the molecule is CC(Nc1nc(N)ncc1F)c1ccccc1F. The Hall–Kier alpha value is -2.24. The zero-order chi connectivity index (χ0) is 13.1. The monoisotopic (exact) mass is 250 g/mol. The van der Waals surface area contributed by atoms with Gasteiger partial charge < -0.3 is 11.1 Å². The van der Waals surface area contributed by atoms with Crippen LogP contribution < -0.4 is 11.1 Å². The lowest BCUT2D eigenvalue weighted by Gasteiger charge is -2.15. The molecule has 2 aromatic rings. The standard InChI is InChI=1S/C12H12F2N4/c1-7(8-4-2-3-5-9(8)13)17-11-10(14)6-16-12(15)18-11/h2-7H,1H3,(H3,15,16,17,18). The van der Waals surface area contributed by atoms with E-state index in [9.17, 15) is 8.78 Å². The van der Waals surface area contributed by atoms with Crippen molar-refractivity contribution in [1.29, 1.82) is 0 Å². The largest absolute Gasteiger partial charge is 0.368 e. The van der Waals surface area contributed by atoms with E-state index >= 15 is 0 Å². The summed E-state index contributed by atoms with van der Waals surface area (Å²) in [5, 5.41) is 2.76. The van der Waals surface area contributed by atoms with E-state index < -0.39 is 11.9 Å². The maximum Gasteiger partial charge on any atom is 0.222 e. The Balaban J connectivity index is 2.24. The van der Waals surface area contributed by atoms with Crippen molar-refractivity contribution in [3.63, 3.8) is 0 Å². The Morgan fingerprint density at radius 2 is 1.94 bits per heavy atom. The van der Waals surface area contributed by atoms with Crippen molar-refractivity contribution in [1.82, 2.24) is 9.97 Å². The van der Waals surface area contributed by atoms with E-state index in [-0.39, 0.29) is 17.6 Å². The first-order chi connectivity index (χ1) is 8.58. The van der Waals surface area contributed by atoms with Gasteiger partial charge in [-0.15, -0.1) is 0 Å². The van der Waals surface area contributed by atoms with Gasteiger partial charge >= 0.3 is 0 Å². The van der Waals surface area contributed by atoms with Gasteiger partial charge in [0.2, 0.25) is 5.95 Å². The number of nitrogens with one attached hydrogen (secondary N) is 1. The molecule has 0 saturated carbocycles. The number of anilines is 2. The Labute approximate surface area is 103 Å². The molecule has 4 nitrogen and oxygen atoms in total. The Morgan fingerprint density at radius 3 is 2.67 bits per heavy atom. The third-order valence-electron chi connectivity index (χ3n) is 2.49. The molecular formula is C12H12F2N4. The van der Waals surface area contributed by atoms with Gasteiger partial charge in [-0.25, -0.2) is 13.8 Å². The Morgan fingerprint density at radius 1 is 1.22 bits per heavy atom. The maximum atomic E-state index is 13.5. The molecule has 18 heavy (non-hydrogen) atoms. The summed E-state index contributed by atoms with van der Waals surface area (Å²) in [5.41, 5.74) is 5.79. The Bertz CT molecular complexity index is 560. The van der Waals surface area contributed by atoms with E-state index in [0.29, 0.717) is 5.56 Å². The minimum atomic E-state index is -0.632. The number of benzene rings is 1. The molecule has 2 rings (SSSR count). The smallest absolute Gasteiger partial charge is 0.222 e. The van der Waals surface area contributed by atoms with Gasteiger partial charge in [0.15, 0.2) is 11.6 Å². The number of halogens is 2. The normalized spacial score (nSPS) is 12.2. The lowest BCUT2D eigenvalue weighted by molar-refractivity contribution is 0.593. The summed E-state index contributed by atoms with van der Waals surface area (Å²) in [7, 11) is 0. The minimum Gasteiger partial charge on any atom is -0.368 e. The summed E-state index contributed by atoms with van der Waals surface area (Å²) in [6.45, 7) is 1.70. The fourth-order valence-corrected chi connectivity index (χ4v) is 1.59. The topological polar surface area (TPSA) is 63.8 Å². The van der Waals surface area contributed by atoms with E-state index in [1.54, 1.807) is 25.1 Å². The van der Waals surface area contributed by atoms with Gasteiger partial charge in [0.25, 0.3) is 0 Å². The molecule has 1 unspecified atom stereocenters. The summed E-state index contributed by atoms with van der Waals surface area (Å²) >= 11 is 0. The second-order valence-corrected chi connectivity index (χ2v) is 3.81. The minimum absolute atomic E-state index is 0.0420. The predicted octanol–water partition coefficient (Wildman–Crippen LogP) is 2.51. The zero-order valence-corrected chi connectivity index (χ0v) is 9.69. The molecular weight excluding hydrogens is 238 g/mol. The summed E-state index contributed by atoms with van der Waals surface area (Å²) in [5.74, 6) is -1.08. The molecule has 0 saturated heterocycles. The van der Waals surface area contributed by atoms with Crippen LogP contribution in [0.2, 0.25) is 0 Å². The highest BCUT2D eigenvalue weighted by atomic mass is 19.1. The number of aromatic nitrogens is 2. The molecule has 1 atom stereocenters. The van der Waals surface area contributed by atoms with E-state index in [0.717, 1.165) is 6.20 Å². The average Bonchev–Trinajstić information content (AvgIpc) is 2.34. The molecule has 0 fully saturated rings. The van der Waals surface area contributed by atoms with Crippen LogP contribution in [0.1, 0.15) is 18.5 Å². The third kappa shape index (κ3) is 2.53. The van der Waals surface area contributed by atoms with Crippen LogP contribution in [0.4, 0.5) is 20.5 Å². The Kier molecular flexibility index (Phi) is 3.36. The van der Waals surface area contributed by atoms with Gasteiger partial charge in [-0.05, 0) is 13.0 Å². The molecule has 0 bridgehead atoms.